The van der Waals surface area contributed by atoms with Crippen LogP contribution in [0.1, 0.15) is 49.3 Å². The highest BCUT2D eigenvalue weighted by molar-refractivity contribution is 5.33. The third-order valence-corrected chi connectivity index (χ3v) is 4.54. The molecule has 1 aromatic heterocycles. The lowest BCUT2D eigenvalue weighted by Gasteiger charge is -2.33. The first-order chi connectivity index (χ1) is 10.2. The van der Waals surface area contributed by atoms with Crippen molar-refractivity contribution in [2.24, 2.45) is 5.92 Å². The molecule has 4 nitrogen and oxygen atoms in total. The van der Waals surface area contributed by atoms with Crippen molar-refractivity contribution in [1.82, 2.24) is 20.1 Å². The quantitative estimate of drug-likeness (QED) is 0.938. The lowest BCUT2D eigenvalue weighted by Crippen LogP contribution is -2.32. The molecule has 1 N–H and O–H groups in total. The van der Waals surface area contributed by atoms with Crippen LogP contribution in [0.15, 0.2) is 30.6 Å². The fourth-order valence-corrected chi connectivity index (χ4v) is 3.52. The fraction of sp³-hybridized carbons (Fsp3) is 0.529. The van der Waals surface area contributed by atoms with E-state index in [0.29, 0.717) is 18.0 Å². The second-order valence-electron chi connectivity index (χ2n) is 6.18. The van der Waals surface area contributed by atoms with Crippen molar-refractivity contribution in [2.75, 3.05) is 7.05 Å². The molecule has 21 heavy (non-hydrogen) atoms. The van der Waals surface area contributed by atoms with Crippen LogP contribution in [0.2, 0.25) is 0 Å². The number of hydrogen-bond donors (Lipinski definition) is 1. The van der Waals surface area contributed by atoms with Crippen molar-refractivity contribution < 1.29 is 0 Å². The Bertz CT molecular complexity index is 602. The topological polar surface area (TPSA) is 42.7 Å². The van der Waals surface area contributed by atoms with Crippen LogP contribution in [0.25, 0.3) is 0 Å². The van der Waals surface area contributed by atoms with Gasteiger partial charge in [-0.3, -0.25) is 0 Å². The van der Waals surface area contributed by atoms with Gasteiger partial charge in [-0.25, -0.2) is 9.67 Å². The van der Waals surface area contributed by atoms with Crippen molar-refractivity contribution in [2.45, 2.75) is 45.2 Å². The van der Waals surface area contributed by atoms with E-state index in [1.807, 2.05) is 4.68 Å². The summed E-state index contributed by atoms with van der Waals surface area (Å²) in [6.07, 6.45) is 5.03. The van der Waals surface area contributed by atoms with Gasteiger partial charge in [-0.1, -0.05) is 24.3 Å². The van der Waals surface area contributed by atoms with Crippen molar-refractivity contribution in [3.8, 4) is 0 Å². The predicted molar refractivity (Wildman–Crippen MR) is 84.2 cm³/mol. The van der Waals surface area contributed by atoms with Crippen LogP contribution in [0.3, 0.4) is 0 Å². The van der Waals surface area contributed by atoms with Gasteiger partial charge < -0.3 is 5.32 Å². The first-order valence-corrected chi connectivity index (χ1v) is 7.84. The lowest BCUT2D eigenvalue weighted by atomic mass is 9.78. The summed E-state index contributed by atoms with van der Waals surface area (Å²) in [7, 11) is 2.06. The van der Waals surface area contributed by atoms with E-state index < -0.39 is 0 Å². The Morgan fingerprint density at radius 3 is 2.90 bits per heavy atom. The van der Waals surface area contributed by atoms with Gasteiger partial charge in [0, 0.05) is 18.5 Å². The molecule has 1 aromatic carbocycles. The van der Waals surface area contributed by atoms with Crippen LogP contribution in [0.4, 0.5) is 0 Å². The first kappa shape index (κ1) is 14.3. The average Bonchev–Trinajstić information content (AvgIpc) is 2.95. The smallest absolute Gasteiger partial charge is 0.138 e. The van der Waals surface area contributed by atoms with Crippen molar-refractivity contribution in [1.29, 1.82) is 0 Å². The van der Waals surface area contributed by atoms with Crippen LogP contribution in [0.5, 0.6) is 0 Å². The third kappa shape index (κ3) is 2.72. The molecular formula is C17H24N4. The Morgan fingerprint density at radius 1 is 1.33 bits per heavy atom. The standard InChI is InChI=1S/C17H24N4/c1-12(2)21-16(19-11-20-21)10-14-9-8-13-6-4-5-7-15(13)17(14)18-3/h4-7,11-12,14,17-18H,8-10H2,1-3H3. The summed E-state index contributed by atoms with van der Waals surface area (Å²) < 4.78 is 2.05. The third-order valence-electron chi connectivity index (χ3n) is 4.54. The Balaban J connectivity index is 1.85. The second-order valence-corrected chi connectivity index (χ2v) is 6.18. The SMILES string of the molecule is CNC1c2ccccc2CCC1Cc1ncnn1C(C)C. The van der Waals surface area contributed by atoms with Gasteiger partial charge in [0.1, 0.15) is 12.2 Å². The summed E-state index contributed by atoms with van der Waals surface area (Å²) in [5, 5.41) is 7.88. The van der Waals surface area contributed by atoms with Crippen molar-refractivity contribution in [3.63, 3.8) is 0 Å². The number of hydrogen-bond acceptors (Lipinski definition) is 3. The molecule has 2 aromatic rings. The van der Waals surface area contributed by atoms with Gasteiger partial charge in [0.15, 0.2) is 0 Å². The molecule has 0 amide bonds. The number of rotatable bonds is 4. The lowest BCUT2D eigenvalue weighted by molar-refractivity contribution is 0.321. The van der Waals surface area contributed by atoms with Gasteiger partial charge >= 0.3 is 0 Å². The number of nitrogens with one attached hydrogen (secondary N) is 1. The molecule has 2 unspecified atom stereocenters. The predicted octanol–water partition coefficient (Wildman–Crippen LogP) is 2.92. The zero-order valence-corrected chi connectivity index (χ0v) is 13.1. The molecule has 1 aliphatic carbocycles. The second kappa shape index (κ2) is 5.98. The summed E-state index contributed by atoms with van der Waals surface area (Å²) in [6.45, 7) is 4.31. The maximum Gasteiger partial charge on any atom is 0.138 e. The zero-order valence-electron chi connectivity index (χ0n) is 13.1. The van der Waals surface area contributed by atoms with E-state index >= 15 is 0 Å². The number of fused-ring (bicyclic) bond motifs is 1. The highest BCUT2D eigenvalue weighted by Gasteiger charge is 2.29. The van der Waals surface area contributed by atoms with Crippen LogP contribution in [0, 0.1) is 5.92 Å². The summed E-state index contributed by atoms with van der Waals surface area (Å²) in [6, 6.07) is 9.57. The highest BCUT2D eigenvalue weighted by atomic mass is 15.3. The molecule has 0 saturated carbocycles. The largest absolute Gasteiger partial charge is 0.313 e. The molecular weight excluding hydrogens is 260 g/mol. The number of aryl methyl sites for hydroxylation is 1. The van der Waals surface area contributed by atoms with Gasteiger partial charge in [-0.05, 0) is 50.8 Å². The van der Waals surface area contributed by atoms with Gasteiger partial charge in [0.05, 0.1) is 0 Å². The normalized spacial score (nSPS) is 21.5. The Morgan fingerprint density at radius 2 is 2.14 bits per heavy atom. The average molecular weight is 284 g/mol. The Kier molecular flexibility index (Phi) is 4.06. The van der Waals surface area contributed by atoms with Crippen molar-refractivity contribution in [3.05, 3.63) is 47.5 Å². The molecule has 0 aliphatic heterocycles. The molecule has 0 bridgehead atoms. The summed E-state index contributed by atoms with van der Waals surface area (Å²) in [5.41, 5.74) is 2.94. The van der Waals surface area contributed by atoms with Gasteiger partial charge in [0.2, 0.25) is 0 Å². The van der Waals surface area contributed by atoms with E-state index in [-0.39, 0.29) is 0 Å². The Labute approximate surface area is 126 Å². The van der Waals surface area contributed by atoms with Crippen molar-refractivity contribution >= 4 is 0 Å². The first-order valence-electron chi connectivity index (χ1n) is 7.84. The Hall–Kier alpha value is -1.68. The molecule has 4 heteroatoms. The van der Waals surface area contributed by atoms with Gasteiger partial charge in [-0.15, -0.1) is 0 Å². The maximum atomic E-state index is 4.48. The van der Waals surface area contributed by atoms with E-state index in [2.05, 4.69) is 60.6 Å². The van der Waals surface area contributed by atoms with Gasteiger partial charge in [0.25, 0.3) is 0 Å². The summed E-state index contributed by atoms with van der Waals surface area (Å²) in [4.78, 5) is 4.48. The van der Waals surface area contributed by atoms with Crippen LogP contribution in [-0.2, 0) is 12.8 Å². The molecule has 0 fully saturated rings. The van der Waals surface area contributed by atoms with E-state index in [4.69, 9.17) is 0 Å². The fourth-order valence-electron chi connectivity index (χ4n) is 3.52. The van der Waals surface area contributed by atoms with E-state index in [0.717, 1.165) is 18.7 Å². The molecule has 0 saturated heterocycles. The minimum atomic E-state index is 0.367. The number of benzene rings is 1. The zero-order chi connectivity index (χ0) is 14.8. The van der Waals surface area contributed by atoms with Gasteiger partial charge in [-0.2, -0.15) is 5.10 Å². The minimum absolute atomic E-state index is 0.367. The number of nitrogens with zero attached hydrogens (tertiary/aromatic N) is 3. The monoisotopic (exact) mass is 284 g/mol. The molecule has 0 radical (unpaired) electrons. The molecule has 1 heterocycles. The van der Waals surface area contributed by atoms with E-state index in [1.54, 1.807) is 6.33 Å². The van der Waals surface area contributed by atoms with Crippen LogP contribution < -0.4 is 5.32 Å². The number of aromatic nitrogens is 3. The highest BCUT2D eigenvalue weighted by Crippen LogP contribution is 2.35. The molecule has 2 atom stereocenters. The molecule has 1 aliphatic rings. The van der Waals surface area contributed by atoms with E-state index in [1.165, 1.54) is 17.5 Å². The molecule has 3 rings (SSSR count). The maximum absolute atomic E-state index is 4.48. The molecule has 112 valence electrons. The molecule has 0 spiro atoms. The van der Waals surface area contributed by atoms with E-state index in [9.17, 15) is 0 Å². The minimum Gasteiger partial charge on any atom is -0.313 e. The van der Waals surface area contributed by atoms with Crippen LogP contribution >= 0.6 is 0 Å². The van der Waals surface area contributed by atoms with Crippen LogP contribution in [-0.4, -0.2) is 21.8 Å². The summed E-state index contributed by atoms with van der Waals surface area (Å²) >= 11 is 0. The summed E-state index contributed by atoms with van der Waals surface area (Å²) in [5.74, 6) is 1.68.